The van der Waals surface area contributed by atoms with E-state index < -0.39 is 0 Å². The average molecular weight is 246 g/mol. The average Bonchev–Trinajstić information content (AvgIpc) is 2.46. The van der Waals surface area contributed by atoms with Gasteiger partial charge in [0.2, 0.25) is 0 Å². The van der Waals surface area contributed by atoms with E-state index in [9.17, 15) is 9.59 Å². The maximum Gasteiger partial charge on any atom is 0.257 e. The van der Waals surface area contributed by atoms with Crippen molar-refractivity contribution in [3.05, 3.63) is 35.7 Å². The fraction of sp³-hybridized carbons (Fsp3) is 0.308. The first-order valence-corrected chi connectivity index (χ1v) is 5.76. The molecular weight excluding hydrogens is 232 g/mol. The number of carbonyl (C=O) groups excluding carboxylic acids is 2. The van der Waals surface area contributed by atoms with Crippen LogP contribution in [0.3, 0.4) is 0 Å². The van der Waals surface area contributed by atoms with Gasteiger partial charge in [-0.25, -0.2) is 0 Å². The summed E-state index contributed by atoms with van der Waals surface area (Å²) in [7, 11) is 0. The monoisotopic (exact) mass is 246 g/mol. The predicted octanol–water partition coefficient (Wildman–Crippen LogP) is 0.523. The van der Waals surface area contributed by atoms with Crippen molar-refractivity contribution in [2.24, 2.45) is 0 Å². The van der Waals surface area contributed by atoms with Crippen LogP contribution in [0, 0.1) is 0 Å². The standard InChI is InChI=1S/C13H14N2O3/c16-10-11(9-12-3-1-2-4-14-12)13(17)15-5-7-18-8-6-15/h1-4,9-10H,5-8H2. The zero-order valence-corrected chi connectivity index (χ0v) is 9.91. The van der Waals surface area contributed by atoms with E-state index in [1.807, 2.05) is 0 Å². The van der Waals surface area contributed by atoms with E-state index in [0.717, 1.165) is 0 Å². The summed E-state index contributed by atoms with van der Waals surface area (Å²) >= 11 is 0. The third-order valence-corrected chi connectivity index (χ3v) is 2.66. The van der Waals surface area contributed by atoms with Crippen molar-refractivity contribution in [1.82, 2.24) is 9.88 Å². The summed E-state index contributed by atoms with van der Waals surface area (Å²) in [5.41, 5.74) is 0.719. The molecule has 1 aliphatic rings. The Hall–Kier alpha value is -2.01. The molecule has 2 heterocycles. The number of hydrogen-bond donors (Lipinski definition) is 0. The highest BCUT2D eigenvalue weighted by molar-refractivity contribution is 6.14. The number of pyridine rings is 1. The van der Waals surface area contributed by atoms with E-state index in [2.05, 4.69) is 4.98 Å². The summed E-state index contributed by atoms with van der Waals surface area (Å²) in [5.74, 6) is -0.265. The molecule has 5 nitrogen and oxygen atoms in total. The summed E-state index contributed by atoms with van der Waals surface area (Å²) in [6.45, 7) is 2.07. The molecule has 0 atom stereocenters. The van der Waals surface area contributed by atoms with Crippen molar-refractivity contribution < 1.29 is 14.3 Å². The lowest BCUT2D eigenvalue weighted by Crippen LogP contribution is -2.41. The number of ether oxygens (including phenoxy) is 1. The Balaban J connectivity index is 2.15. The molecule has 0 radical (unpaired) electrons. The fourth-order valence-corrected chi connectivity index (χ4v) is 1.72. The van der Waals surface area contributed by atoms with Gasteiger partial charge >= 0.3 is 0 Å². The summed E-state index contributed by atoms with van der Waals surface area (Å²) < 4.78 is 5.17. The second kappa shape index (κ2) is 6.07. The molecule has 2 rings (SSSR count). The second-order valence-electron chi connectivity index (χ2n) is 3.88. The van der Waals surface area contributed by atoms with E-state index >= 15 is 0 Å². The molecule has 0 aliphatic carbocycles. The Kier molecular flexibility index (Phi) is 4.20. The highest BCUT2D eigenvalue weighted by Crippen LogP contribution is 2.07. The molecule has 1 amide bonds. The molecule has 18 heavy (non-hydrogen) atoms. The zero-order chi connectivity index (χ0) is 12.8. The van der Waals surface area contributed by atoms with E-state index in [-0.39, 0.29) is 11.5 Å². The summed E-state index contributed by atoms with van der Waals surface area (Å²) in [5, 5.41) is 0. The molecule has 0 spiro atoms. The van der Waals surface area contributed by atoms with Crippen LogP contribution in [0.15, 0.2) is 30.0 Å². The molecule has 1 aliphatic heterocycles. The molecule has 5 heteroatoms. The van der Waals surface area contributed by atoms with Gasteiger partial charge in [-0.3, -0.25) is 14.6 Å². The number of carbonyl (C=O) groups is 2. The maximum atomic E-state index is 12.1. The number of rotatable bonds is 3. The van der Waals surface area contributed by atoms with Gasteiger partial charge in [-0.2, -0.15) is 0 Å². The lowest BCUT2D eigenvalue weighted by atomic mass is 10.2. The number of nitrogens with zero attached hydrogens (tertiary/aromatic N) is 2. The summed E-state index contributed by atoms with van der Waals surface area (Å²) in [6.07, 6.45) is 3.70. The van der Waals surface area contributed by atoms with Crippen molar-refractivity contribution in [1.29, 1.82) is 0 Å². The van der Waals surface area contributed by atoms with Gasteiger partial charge in [0, 0.05) is 19.3 Å². The first-order chi connectivity index (χ1) is 8.81. The van der Waals surface area contributed by atoms with E-state index in [1.165, 1.54) is 6.08 Å². The van der Waals surface area contributed by atoms with Crippen LogP contribution >= 0.6 is 0 Å². The number of morpholine rings is 1. The normalized spacial score (nSPS) is 16.4. The topological polar surface area (TPSA) is 59.5 Å². The molecule has 0 N–H and O–H groups in total. The second-order valence-corrected chi connectivity index (χ2v) is 3.88. The number of hydrogen-bond acceptors (Lipinski definition) is 4. The molecule has 1 fully saturated rings. The van der Waals surface area contributed by atoms with Gasteiger partial charge in [0.05, 0.1) is 24.5 Å². The van der Waals surface area contributed by atoms with Crippen LogP contribution in [0.25, 0.3) is 6.08 Å². The molecular formula is C13H14N2O3. The molecule has 1 aromatic rings. The fourth-order valence-electron chi connectivity index (χ4n) is 1.72. The Bertz CT molecular complexity index is 451. The number of aldehydes is 1. The van der Waals surface area contributed by atoms with Crippen molar-refractivity contribution in [3.8, 4) is 0 Å². The Morgan fingerprint density at radius 1 is 1.33 bits per heavy atom. The lowest BCUT2D eigenvalue weighted by molar-refractivity contribution is -0.131. The third kappa shape index (κ3) is 3.01. The summed E-state index contributed by atoms with van der Waals surface area (Å²) in [4.78, 5) is 28.8. The zero-order valence-electron chi connectivity index (χ0n) is 9.91. The molecule has 1 saturated heterocycles. The van der Waals surface area contributed by atoms with Crippen molar-refractivity contribution in [3.63, 3.8) is 0 Å². The summed E-state index contributed by atoms with van der Waals surface area (Å²) in [6, 6.07) is 5.33. The van der Waals surface area contributed by atoms with Crippen molar-refractivity contribution in [2.75, 3.05) is 26.3 Å². The third-order valence-electron chi connectivity index (χ3n) is 2.66. The van der Waals surface area contributed by atoms with Crippen LogP contribution in [0.4, 0.5) is 0 Å². The minimum absolute atomic E-state index is 0.121. The van der Waals surface area contributed by atoms with Crippen LogP contribution in [0.2, 0.25) is 0 Å². The minimum Gasteiger partial charge on any atom is -0.378 e. The molecule has 0 aromatic carbocycles. The molecule has 0 bridgehead atoms. The first kappa shape index (κ1) is 12.4. The van der Waals surface area contributed by atoms with Crippen LogP contribution in [0.5, 0.6) is 0 Å². The first-order valence-electron chi connectivity index (χ1n) is 5.76. The van der Waals surface area contributed by atoms with Gasteiger partial charge in [-0.05, 0) is 18.2 Å². The van der Waals surface area contributed by atoms with Crippen LogP contribution < -0.4 is 0 Å². The number of amides is 1. The highest BCUT2D eigenvalue weighted by atomic mass is 16.5. The highest BCUT2D eigenvalue weighted by Gasteiger charge is 2.20. The molecule has 1 aromatic heterocycles. The molecule has 0 unspecified atom stereocenters. The lowest BCUT2D eigenvalue weighted by Gasteiger charge is -2.26. The van der Waals surface area contributed by atoms with E-state index in [4.69, 9.17) is 4.74 Å². The Labute approximate surface area is 105 Å². The van der Waals surface area contributed by atoms with E-state index in [1.54, 1.807) is 29.3 Å². The van der Waals surface area contributed by atoms with Gasteiger partial charge in [0.25, 0.3) is 5.91 Å². The SMILES string of the molecule is O=CC(=Cc1ccccn1)C(=O)N1CCOCC1. The van der Waals surface area contributed by atoms with Gasteiger partial charge in [0.1, 0.15) is 0 Å². The van der Waals surface area contributed by atoms with Crippen LogP contribution in [-0.4, -0.2) is 48.4 Å². The smallest absolute Gasteiger partial charge is 0.257 e. The largest absolute Gasteiger partial charge is 0.378 e. The van der Waals surface area contributed by atoms with Crippen LogP contribution in [-0.2, 0) is 14.3 Å². The van der Waals surface area contributed by atoms with Crippen molar-refractivity contribution in [2.45, 2.75) is 0 Å². The number of aromatic nitrogens is 1. The van der Waals surface area contributed by atoms with Crippen LogP contribution in [0.1, 0.15) is 5.69 Å². The quantitative estimate of drug-likeness (QED) is 0.338. The van der Waals surface area contributed by atoms with Crippen molar-refractivity contribution >= 4 is 18.3 Å². The Morgan fingerprint density at radius 3 is 2.72 bits per heavy atom. The molecule has 0 saturated carbocycles. The van der Waals surface area contributed by atoms with Gasteiger partial charge in [0.15, 0.2) is 6.29 Å². The van der Waals surface area contributed by atoms with Gasteiger partial charge in [-0.15, -0.1) is 0 Å². The maximum absolute atomic E-state index is 12.1. The predicted molar refractivity (Wildman–Crippen MR) is 65.7 cm³/mol. The minimum atomic E-state index is -0.265. The van der Waals surface area contributed by atoms with E-state index in [0.29, 0.717) is 38.3 Å². The van der Waals surface area contributed by atoms with Gasteiger partial charge in [-0.1, -0.05) is 6.07 Å². The molecule has 94 valence electrons. The Morgan fingerprint density at radius 2 is 2.11 bits per heavy atom. The van der Waals surface area contributed by atoms with Gasteiger partial charge < -0.3 is 9.64 Å².